The Labute approximate surface area is 102 Å². The lowest BCUT2D eigenvalue weighted by atomic mass is 10.2. The number of aromatic nitrogens is 1. The maximum Gasteiger partial charge on any atom is 0.224 e. The summed E-state index contributed by atoms with van der Waals surface area (Å²) >= 11 is 1.49. The molecule has 2 aromatic rings. The number of benzene rings is 1. The number of thiazole rings is 1. The minimum absolute atomic E-state index is 0.205. The van der Waals surface area contributed by atoms with Crippen LogP contribution in [0.1, 0.15) is 12.1 Å². The minimum Gasteiger partial charge on any atom is -0.324 e. The second-order valence-corrected chi connectivity index (χ2v) is 4.23. The summed E-state index contributed by atoms with van der Waals surface area (Å²) < 4.78 is 13.2. The lowest BCUT2D eigenvalue weighted by Crippen LogP contribution is -2.13. The molecule has 0 spiro atoms. The van der Waals surface area contributed by atoms with Crippen LogP contribution in [0, 0.1) is 5.82 Å². The van der Waals surface area contributed by atoms with Gasteiger partial charge >= 0.3 is 0 Å². The summed E-state index contributed by atoms with van der Waals surface area (Å²) in [6, 6.07) is 6.12. The standard InChI is InChI=1S/C12H11FN2OS/c13-10-3-1-2-4-11(10)15-12(16)6-5-9-7-17-8-14-9/h1-4,7-8H,5-6H2,(H,15,16). The molecule has 0 saturated heterocycles. The summed E-state index contributed by atoms with van der Waals surface area (Å²) in [5, 5.41) is 4.43. The molecule has 0 aliphatic heterocycles. The first-order chi connectivity index (χ1) is 8.25. The van der Waals surface area contributed by atoms with Crippen LogP contribution in [0.5, 0.6) is 0 Å². The number of carbonyl (C=O) groups is 1. The molecule has 0 saturated carbocycles. The molecule has 3 nitrogen and oxygen atoms in total. The van der Waals surface area contributed by atoms with Crippen molar-refractivity contribution in [3.63, 3.8) is 0 Å². The van der Waals surface area contributed by atoms with E-state index in [2.05, 4.69) is 10.3 Å². The lowest BCUT2D eigenvalue weighted by molar-refractivity contribution is -0.116. The van der Waals surface area contributed by atoms with Crippen LogP contribution in [0.2, 0.25) is 0 Å². The third kappa shape index (κ3) is 3.35. The molecule has 0 atom stereocenters. The van der Waals surface area contributed by atoms with E-state index in [0.29, 0.717) is 12.8 Å². The Hall–Kier alpha value is -1.75. The second-order valence-electron chi connectivity index (χ2n) is 3.51. The number of hydrogen-bond acceptors (Lipinski definition) is 3. The van der Waals surface area contributed by atoms with Crippen molar-refractivity contribution in [2.75, 3.05) is 5.32 Å². The molecule has 1 aromatic carbocycles. The first kappa shape index (κ1) is 11.7. The molecule has 1 amide bonds. The van der Waals surface area contributed by atoms with Crippen LogP contribution in [-0.2, 0) is 11.2 Å². The third-order valence-corrected chi connectivity index (χ3v) is 2.87. The van der Waals surface area contributed by atoms with E-state index in [1.54, 1.807) is 17.6 Å². The summed E-state index contributed by atoms with van der Waals surface area (Å²) in [6.45, 7) is 0. The molecule has 0 radical (unpaired) electrons. The Morgan fingerprint density at radius 1 is 1.41 bits per heavy atom. The van der Waals surface area contributed by atoms with Crippen LogP contribution in [0.3, 0.4) is 0 Å². The van der Waals surface area contributed by atoms with Gasteiger partial charge in [-0.3, -0.25) is 4.79 Å². The van der Waals surface area contributed by atoms with E-state index in [9.17, 15) is 9.18 Å². The number of aryl methyl sites for hydroxylation is 1. The average molecular weight is 250 g/mol. The van der Waals surface area contributed by atoms with Crippen LogP contribution in [0.25, 0.3) is 0 Å². The first-order valence-electron chi connectivity index (χ1n) is 5.17. The summed E-state index contributed by atoms with van der Waals surface area (Å²) in [4.78, 5) is 15.6. The van der Waals surface area contributed by atoms with Crippen molar-refractivity contribution in [3.8, 4) is 0 Å². The third-order valence-electron chi connectivity index (χ3n) is 2.24. The van der Waals surface area contributed by atoms with Gasteiger partial charge in [-0.05, 0) is 18.6 Å². The van der Waals surface area contributed by atoms with Crippen molar-refractivity contribution in [1.82, 2.24) is 4.98 Å². The van der Waals surface area contributed by atoms with Gasteiger partial charge in [0.25, 0.3) is 0 Å². The summed E-state index contributed by atoms with van der Waals surface area (Å²) in [6.07, 6.45) is 0.877. The van der Waals surface area contributed by atoms with E-state index in [1.165, 1.54) is 23.5 Å². The molecule has 17 heavy (non-hydrogen) atoms. The zero-order valence-corrected chi connectivity index (χ0v) is 9.84. The van der Waals surface area contributed by atoms with E-state index < -0.39 is 5.82 Å². The Balaban J connectivity index is 1.87. The molecule has 1 aromatic heterocycles. The number of anilines is 1. The normalized spacial score (nSPS) is 10.2. The van der Waals surface area contributed by atoms with Gasteiger partial charge in [-0.1, -0.05) is 12.1 Å². The number of rotatable bonds is 4. The lowest BCUT2D eigenvalue weighted by Gasteiger charge is -2.05. The number of hydrogen-bond donors (Lipinski definition) is 1. The molecule has 88 valence electrons. The van der Waals surface area contributed by atoms with Gasteiger partial charge in [-0.2, -0.15) is 0 Å². The summed E-state index contributed by atoms with van der Waals surface area (Å²) in [5.74, 6) is -0.627. The number of carbonyl (C=O) groups excluding carboxylic acids is 1. The average Bonchev–Trinajstić information content (AvgIpc) is 2.82. The predicted molar refractivity (Wildman–Crippen MR) is 65.5 cm³/mol. The number of halogens is 1. The Kier molecular flexibility index (Phi) is 3.82. The minimum atomic E-state index is -0.422. The van der Waals surface area contributed by atoms with Crippen molar-refractivity contribution in [2.45, 2.75) is 12.8 Å². The maximum atomic E-state index is 13.2. The molecule has 0 fully saturated rings. The molecule has 0 aliphatic rings. The van der Waals surface area contributed by atoms with Crippen molar-refractivity contribution in [1.29, 1.82) is 0 Å². The van der Waals surface area contributed by atoms with Crippen molar-refractivity contribution >= 4 is 22.9 Å². The number of amides is 1. The fourth-order valence-corrected chi connectivity index (χ4v) is 1.97. The highest BCUT2D eigenvalue weighted by Gasteiger charge is 2.06. The smallest absolute Gasteiger partial charge is 0.224 e. The maximum absolute atomic E-state index is 13.2. The molecule has 0 aliphatic carbocycles. The summed E-state index contributed by atoms with van der Waals surface area (Å²) in [7, 11) is 0. The molecular weight excluding hydrogens is 239 g/mol. The van der Waals surface area contributed by atoms with Crippen LogP contribution in [-0.4, -0.2) is 10.9 Å². The number of nitrogens with zero attached hydrogens (tertiary/aromatic N) is 1. The van der Waals surface area contributed by atoms with Crippen LogP contribution in [0.15, 0.2) is 35.2 Å². The van der Waals surface area contributed by atoms with Gasteiger partial charge in [0, 0.05) is 11.8 Å². The van der Waals surface area contributed by atoms with Gasteiger partial charge in [-0.25, -0.2) is 9.37 Å². The van der Waals surface area contributed by atoms with Gasteiger partial charge in [-0.15, -0.1) is 11.3 Å². The van der Waals surface area contributed by atoms with Gasteiger partial charge in [0.15, 0.2) is 0 Å². The molecule has 0 bridgehead atoms. The number of para-hydroxylation sites is 1. The molecular formula is C12H11FN2OS. The van der Waals surface area contributed by atoms with Crippen molar-refractivity contribution < 1.29 is 9.18 Å². The second kappa shape index (κ2) is 5.54. The number of nitrogens with one attached hydrogen (secondary N) is 1. The quantitative estimate of drug-likeness (QED) is 0.906. The van der Waals surface area contributed by atoms with E-state index in [1.807, 2.05) is 5.38 Å². The van der Waals surface area contributed by atoms with Gasteiger partial charge < -0.3 is 5.32 Å². The van der Waals surface area contributed by atoms with Crippen molar-refractivity contribution in [3.05, 3.63) is 46.7 Å². The van der Waals surface area contributed by atoms with Gasteiger partial charge in [0.2, 0.25) is 5.91 Å². The predicted octanol–water partition coefficient (Wildman–Crippen LogP) is 2.85. The first-order valence-corrected chi connectivity index (χ1v) is 6.11. The van der Waals surface area contributed by atoms with Gasteiger partial charge in [0.05, 0.1) is 16.9 Å². The molecule has 1 heterocycles. The highest BCUT2D eigenvalue weighted by atomic mass is 32.1. The van der Waals surface area contributed by atoms with Crippen LogP contribution >= 0.6 is 11.3 Å². The van der Waals surface area contributed by atoms with Crippen LogP contribution < -0.4 is 5.32 Å². The van der Waals surface area contributed by atoms with E-state index in [-0.39, 0.29) is 11.6 Å². The zero-order chi connectivity index (χ0) is 12.1. The fraction of sp³-hybridized carbons (Fsp3) is 0.167. The van der Waals surface area contributed by atoms with E-state index >= 15 is 0 Å². The van der Waals surface area contributed by atoms with E-state index in [0.717, 1.165) is 5.69 Å². The van der Waals surface area contributed by atoms with Crippen LogP contribution in [0.4, 0.5) is 10.1 Å². The fourth-order valence-electron chi connectivity index (χ4n) is 1.38. The largest absolute Gasteiger partial charge is 0.324 e. The van der Waals surface area contributed by atoms with E-state index in [4.69, 9.17) is 0 Å². The molecule has 2 rings (SSSR count). The summed E-state index contributed by atoms with van der Waals surface area (Å²) in [5.41, 5.74) is 2.83. The highest BCUT2D eigenvalue weighted by molar-refractivity contribution is 7.07. The molecule has 0 unspecified atom stereocenters. The topological polar surface area (TPSA) is 42.0 Å². The SMILES string of the molecule is O=C(CCc1cscn1)Nc1ccccc1F. The Morgan fingerprint density at radius 2 is 2.24 bits per heavy atom. The Morgan fingerprint density at radius 3 is 2.94 bits per heavy atom. The Bertz CT molecular complexity index is 499. The monoisotopic (exact) mass is 250 g/mol. The molecule has 5 heteroatoms. The van der Waals surface area contributed by atoms with Crippen molar-refractivity contribution in [2.24, 2.45) is 0 Å². The highest BCUT2D eigenvalue weighted by Crippen LogP contribution is 2.13. The zero-order valence-electron chi connectivity index (χ0n) is 9.02. The molecule has 1 N–H and O–H groups in total. The van der Waals surface area contributed by atoms with Gasteiger partial charge in [0.1, 0.15) is 5.82 Å².